The normalized spacial score (nSPS) is 13.1. The molecule has 1 aliphatic carbocycles. The minimum Gasteiger partial charge on any atom is -0.370 e. The van der Waals surface area contributed by atoms with E-state index < -0.39 is 0 Å². The van der Waals surface area contributed by atoms with Crippen molar-refractivity contribution < 1.29 is 9.18 Å². The fourth-order valence-electron chi connectivity index (χ4n) is 2.96. The minimum atomic E-state index is -0.319. The molecule has 0 bridgehead atoms. The lowest BCUT2D eigenvalue weighted by molar-refractivity contribution is 0.0948. The summed E-state index contributed by atoms with van der Waals surface area (Å²) in [5.74, 6) is 1.18. The Morgan fingerprint density at radius 2 is 2.14 bits per heavy atom. The molecule has 2 heterocycles. The molecule has 0 radical (unpaired) electrons. The van der Waals surface area contributed by atoms with Gasteiger partial charge in [-0.2, -0.15) is 10.1 Å². The summed E-state index contributed by atoms with van der Waals surface area (Å²) in [6.45, 7) is 1.18. The number of H-pyrrole nitrogens is 1. The van der Waals surface area contributed by atoms with Crippen LogP contribution in [0.2, 0.25) is 0 Å². The van der Waals surface area contributed by atoms with Gasteiger partial charge in [-0.1, -0.05) is 6.07 Å². The first-order valence-corrected chi connectivity index (χ1v) is 9.60. The highest BCUT2D eigenvalue weighted by molar-refractivity contribution is 5.92. The SMILES string of the molecule is O=C(NCCCNc1nc(Nc2cccc(F)c2)ncc1C1CC1)c1ccn[nH]1. The van der Waals surface area contributed by atoms with Crippen LogP contribution in [0.3, 0.4) is 0 Å². The van der Waals surface area contributed by atoms with Gasteiger partial charge < -0.3 is 16.0 Å². The van der Waals surface area contributed by atoms with Crippen molar-refractivity contribution in [2.24, 2.45) is 0 Å². The Hall–Kier alpha value is -3.49. The Morgan fingerprint density at radius 1 is 1.24 bits per heavy atom. The van der Waals surface area contributed by atoms with E-state index in [1.807, 2.05) is 6.20 Å². The zero-order valence-electron chi connectivity index (χ0n) is 15.8. The average Bonchev–Trinajstić information content (AvgIpc) is 3.40. The maximum absolute atomic E-state index is 13.4. The van der Waals surface area contributed by atoms with Crippen molar-refractivity contribution in [3.8, 4) is 0 Å². The van der Waals surface area contributed by atoms with Crippen molar-refractivity contribution in [3.63, 3.8) is 0 Å². The van der Waals surface area contributed by atoms with Crippen LogP contribution in [0.1, 0.15) is 41.2 Å². The number of nitrogens with one attached hydrogen (secondary N) is 4. The summed E-state index contributed by atoms with van der Waals surface area (Å²) in [7, 11) is 0. The van der Waals surface area contributed by atoms with Crippen molar-refractivity contribution in [3.05, 3.63) is 59.8 Å². The summed E-state index contributed by atoms with van der Waals surface area (Å²) >= 11 is 0. The van der Waals surface area contributed by atoms with Gasteiger partial charge in [0.25, 0.3) is 5.91 Å². The quantitative estimate of drug-likeness (QED) is 0.415. The van der Waals surface area contributed by atoms with Crippen molar-refractivity contribution in [2.45, 2.75) is 25.2 Å². The monoisotopic (exact) mass is 395 g/mol. The largest absolute Gasteiger partial charge is 0.370 e. The highest BCUT2D eigenvalue weighted by Crippen LogP contribution is 2.42. The number of amides is 1. The van der Waals surface area contributed by atoms with Crippen LogP contribution in [0.15, 0.2) is 42.7 Å². The first-order valence-electron chi connectivity index (χ1n) is 9.60. The van der Waals surface area contributed by atoms with Crippen LogP contribution in [0.25, 0.3) is 0 Å². The van der Waals surface area contributed by atoms with E-state index in [-0.39, 0.29) is 11.7 Å². The third-order valence-electron chi connectivity index (χ3n) is 4.59. The topological polar surface area (TPSA) is 108 Å². The van der Waals surface area contributed by atoms with E-state index in [1.165, 1.54) is 12.1 Å². The first kappa shape index (κ1) is 18.9. The fraction of sp³-hybridized carbons (Fsp3) is 0.300. The van der Waals surface area contributed by atoms with Gasteiger partial charge in [0.05, 0.1) is 0 Å². The predicted octanol–water partition coefficient (Wildman–Crippen LogP) is 3.19. The summed E-state index contributed by atoms with van der Waals surface area (Å²) in [5.41, 5.74) is 2.13. The van der Waals surface area contributed by atoms with Crippen LogP contribution in [0, 0.1) is 5.82 Å². The van der Waals surface area contributed by atoms with Crippen molar-refractivity contribution >= 4 is 23.4 Å². The molecule has 0 saturated heterocycles. The maximum Gasteiger partial charge on any atom is 0.269 e. The number of aromatic amines is 1. The number of aromatic nitrogens is 4. The second-order valence-electron chi connectivity index (χ2n) is 6.91. The average molecular weight is 395 g/mol. The fourth-order valence-corrected chi connectivity index (χ4v) is 2.96. The number of benzene rings is 1. The lowest BCUT2D eigenvalue weighted by Gasteiger charge is -2.13. The molecule has 0 unspecified atom stereocenters. The third-order valence-corrected chi connectivity index (χ3v) is 4.59. The van der Waals surface area contributed by atoms with Crippen molar-refractivity contribution in [1.29, 1.82) is 0 Å². The number of carbonyl (C=O) groups is 1. The summed E-state index contributed by atoms with van der Waals surface area (Å²) in [6, 6.07) is 7.81. The molecule has 4 N–H and O–H groups in total. The number of hydrogen-bond donors (Lipinski definition) is 4. The highest BCUT2D eigenvalue weighted by Gasteiger charge is 2.27. The van der Waals surface area contributed by atoms with Crippen LogP contribution in [0.5, 0.6) is 0 Å². The summed E-state index contributed by atoms with van der Waals surface area (Å²) in [6.07, 6.45) is 6.37. The molecule has 8 nitrogen and oxygen atoms in total. The Bertz CT molecular complexity index is 973. The van der Waals surface area contributed by atoms with Crippen molar-refractivity contribution in [2.75, 3.05) is 23.7 Å². The number of anilines is 3. The molecule has 9 heteroatoms. The van der Waals surface area contributed by atoms with Crippen LogP contribution >= 0.6 is 0 Å². The van der Waals surface area contributed by atoms with Gasteiger partial charge >= 0.3 is 0 Å². The molecule has 150 valence electrons. The summed E-state index contributed by atoms with van der Waals surface area (Å²) in [5, 5.41) is 15.6. The van der Waals surface area contributed by atoms with E-state index in [0.29, 0.717) is 36.3 Å². The van der Waals surface area contributed by atoms with E-state index in [1.54, 1.807) is 24.4 Å². The molecular weight excluding hydrogens is 373 g/mol. The van der Waals surface area contributed by atoms with Crippen LogP contribution in [-0.2, 0) is 0 Å². The second-order valence-corrected chi connectivity index (χ2v) is 6.91. The molecule has 0 spiro atoms. The third kappa shape index (κ3) is 5.07. The smallest absolute Gasteiger partial charge is 0.269 e. The molecule has 1 amide bonds. The standard InChI is InChI=1S/C20H22FN7O/c21-14-3-1-4-15(11-14)26-20-24-12-16(13-5-6-13)18(27-20)22-8-2-9-23-19(29)17-7-10-25-28-17/h1,3-4,7,10-13H,2,5-6,8-9H2,(H,23,29)(H,25,28)(H2,22,24,26,27). The van der Waals surface area contributed by atoms with E-state index in [4.69, 9.17) is 0 Å². The highest BCUT2D eigenvalue weighted by atomic mass is 19.1. The lowest BCUT2D eigenvalue weighted by Crippen LogP contribution is -2.26. The zero-order chi connectivity index (χ0) is 20.1. The van der Waals surface area contributed by atoms with Crippen LogP contribution < -0.4 is 16.0 Å². The summed E-state index contributed by atoms with van der Waals surface area (Å²) < 4.78 is 13.4. The number of halogens is 1. The zero-order valence-corrected chi connectivity index (χ0v) is 15.8. The van der Waals surface area contributed by atoms with Gasteiger partial charge in [-0.05, 0) is 49.4 Å². The van der Waals surface area contributed by atoms with Gasteiger partial charge in [0.15, 0.2) is 0 Å². The van der Waals surface area contributed by atoms with Gasteiger partial charge in [-0.3, -0.25) is 9.89 Å². The molecule has 1 aromatic carbocycles. The maximum atomic E-state index is 13.4. The minimum absolute atomic E-state index is 0.176. The molecule has 4 rings (SSSR count). The van der Waals surface area contributed by atoms with E-state index in [2.05, 4.69) is 36.1 Å². The molecule has 0 atom stereocenters. The molecule has 1 saturated carbocycles. The Kier molecular flexibility index (Phi) is 5.64. The molecule has 29 heavy (non-hydrogen) atoms. The van der Waals surface area contributed by atoms with Gasteiger partial charge in [0.1, 0.15) is 17.3 Å². The van der Waals surface area contributed by atoms with Gasteiger partial charge in [-0.15, -0.1) is 0 Å². The van der Waals surface area contributed by atoms with E-state index >= 15 is 0 Å². The number of rotatable bonds is 9. The van der Waals surface area contributed by atoms with Crippen LogP contribution in [-0.4, -0.2) is 39.2 Å². The lowest BCUT2D eigenvalue weighted by atomic mass is 10.2. The Morgan fingerprint density at radius 3 is 2.90 bits per heavy atom. The number of carbonyl (C=O) groups excluding carboxylic acids is 1. The molecule has 1 fully saturated rings. The van der Waals surface area contributed by atoms with Gasteiger partial charge in [0.2, 0.25) is 5.95 Å². The number of hydrogen-bond acceptors (Lipinski definition) is 6. The predicted molar refractivity (Wildman–Crippen MR) is 108 cm³/mol. The Balaban J connectivity index is 1.33. The first-order chi connectivity index (χ1) is 14.2. The molecule has 0 aliphatic heterocycles. The van der Waals surface area contributed by atoms with Crippen LogP contribution in [0.4, 0.5) is 21.8 Å². The second kappa shape index (κ2) is 8.68. The Labute approximate surface area is 167 Å². The molecule has 1 aliphatic rings. The van der Waals surface area contributed by atoms with E-state index in [0.717, 1.165) is 30.6 Å². The molecular formula is C20H22FN7O. The van der Waals surface area contributed by atoms with Crippen molar-refractivity contribution in [1.82, 2.24) is 25.5 Å². The van der Waals surface area contributed by atoms with E-state index in [9.17, 15) is 9.18 Å². The molecule has 3 aromatic rings. The summed E-state index contributed by atoms with van der Waals surface area (Å²) in [4.78, 5) is 20.8. The van der Waals surface area contributed by atoms with Gasteiger partial charge in [-0.25, -0.2) is 9.37 Å². The number of nitrogens with zero attached hydrogens (tertiary/aromatic N) is 3. The van der Waals surface area contributed by atoms with Gasteiger partial charge in [0, 0.05) is 36.7 Å². The molecule has 2 aromatic heterocycles.